The average Bonchev–Trinajstić information content (AvgIpc) is 3.17. The topological polar surface area (TPSA) is 24.4 Å². The predicted octanol–water partition coefficient (Wildman–Crippen LogP) is 7.95. The second-order valence-corrected chi connectivity index (χ2v) is 10.9. The molecule has 1 heterocycles. The van der Waals surface area contributed by atoms with Crippen LogP contribution in [0.3, 0.4) is 0 Å². The fraction of sp³-hybridized carbons (Fsp3) is 0.444. The van der Waals surface area contributed by atoms with Crippen molar-refractivity contribution in [3.63, 3.8) is 0 Å². The van der Waals surface area contributed by atoms with E-state index in [9.17, 15) is 0 Å². The molecule has 0 saturated heterocycles. The first-order chi connectivity index (χ1) is 14.2. The Balaban J connectivity index is 2.07. The molecule has 3 heteroatoms. The highest BCUT2D eigenvalue weighted by molar-refractivity contribution is 8.14. The minimum absolute atomic E-state index is 0.192. The van der Waals surface area contributed by atoms with Gasteiger partial charge in [-0.3, -0.25) is 4.99 Å². The molecule has 2 aromatic carbocycles. The summed E-state index contributed by atoms with van der Waals surface area (Å²) in [4.78, 5) is 5.04. The summed E-state index contributed by atoms with van der Waals surface area (Å²) < 4.78 is 0. The quantitative estimate of drug-likeness (QED) is 0.513. The Morgan fingerprint density at radius 2 is 1.57 bits per heavy atom. The molecule has 1 aliphatic heterocycles. The predicted molar refractivity (Wildman–Crippen MR) is 136 cm³/mol. The highest BCUT2D eigenvalue weighted by Gasteiger charge is 2.29. The van der Waals surface area contributed by atoms with Crippen molar-refractivity contribution in [2.24, 2.45) is 10.4 Å². The first-order valence-electron chi connectivity index (χ1n) is 11.0. The van der Waals surface area contributed by atoms with E-state index >= 15 is 0 Å². The van der Waals surface area contributed by atoms with E-state index in [1.54, 1.807) is 0 Å². The van der Waals surface area contributed by atoms with E-state index in [0.717, 1.165) is 16.5 Å². The zero-order valence-corrected chi connectivity index (χ0v) is 20.3. The molecule has 0 aromatic heterocycles. The zero-order valence-electron chi connectivity index (χ0n) is 19.5. The number of anilines is 1. The van der Waals surface area contributed by atoms with Gasteiger partial charge in [-0.05, 0) is 40.0 Å². The molecule has 2 aromatic rings. The van der Waals surface area contributed by atoms with Gasteiger partial charge in [0.25, 0.3) is 0 Å². The number of aliphatic imine (C=N–C) groups is 1. The maximum atomic E-state index is 5.04. The number of para-hydroxylation sites is 1. The van der Waals surface area contributed by atoms with Gasteiger partial charge in [-0.25, -0.2) is 0 Å². The Hall–Kier alpha value is -2.00. The van der Waals surface area contributed by atoms with Crippen molar-refractivity contribution >= 4 is 28.2 Å². The van der Waals surface area contributed by atoms with Gasteiger partial charge in [0.15, 0.2) is 0 Å². The SMILES string of the molecule is CC(C)c1cccc(C(C)C)c1NC(=CC1=NC(C(C)(C)C)CS1)c1ccccc1. The molecule has 1 aliphatic rings. The Morgan fingerprint density at radius 3 is 2.07 bits per heavy atom. The second kappa shape index (κ2) is 9.43. The van der Waals surface area contributed by atoms with Crippen LogP contribution in [0.25, 0.3) is 5.70 Å². The summed E-state index contributed by atoms with van der Waals surface area (Å²) in [6.45, 7) is 15.9. The fourth-order valence-corrected chi connectivity index (χ4v) is 4.98. The van der Waals surface area contributed by atoms with Gasteiger partial charge in [0, 0.05) is 17.1 Å². The molecular formula is C27H36N2S. The Labute approximate surface area is 187 Å². The van der Waals surface area contributed by atoms with Crippen LogP contribution in [0, 0.1) is 5.41 Å². The third-order valence-electron chi connectivity index (χ3n) is 5.66. The molecule has 1 atom stereocenters. The number of rotatable bonds is 6. The van der Waals surface area contributed by atoms with Crippen LogP contribution in [-0.2, 0) is 0 Å². The van der Waals surface area contributed by atoms with Crippen molar-refractivity contribution in [1.82, 2.24) is 0 Å². The van der Waals surface area contributed by atoms with Gasteiger partial charge in [-0.15, -0.1) is 11.8 Å². The molecular weight excluding hydrogens is 384 g/mol. The zero-order chi connectivity index (χ0) is 21.9. The summed E-state index contributed by atoms with van der Waals surface area (Å²) in [5, 5.41) is 4.96. The Morgan fingerprint density at radius 1 is 0.967 bits per heavy atom. The standard InChI is InChI=1S/C27H36N2S/c1-18(2)21-14-11-15-22(19(3)4)26(21)28-23(20-12-9-8-10-13-20)16-25-29-24(17-30-25)27(5,6)7/h8-16,18-19,24,28H,17H2,1-7H3. The molecule has 3 rings (SSSR count). The van der Waals surface area contributed by atoms with Crippen LogP contribution in [0.4, 0.5) is 5.69 Å². The van der Waals surface area contributed by atoms with E-state index in [4.69, 9.17) is 4.99 Å². The van der Waals surface area contributed by atoms with Crippen molar-refractivity contribution in [2.45, 2.75) is 66.3 Å². The van der Waals surface area contributed by atoms with E-state index < -0.39 is 0 Å². The van der Waals surface area contributed by atoms with Crippen LogP contribution < -0.4 is 5.32 Å². The van der Waals surface area contributed by atoms with Gasteiger partial charge >= 0.3 is 0 Å². The fourth-order valence-electron chi connectivity index (χ4n) is 3.68. The monoisotopic (exact) mass is 420 g/mol. The summed E-state index contributed by atoms with van der Waals surface area (Å²) in [6, 6.07) is 17.7. The average molecular weight is 421 g/mol. The molecule has 160 valence electrons. The summed E-state index contributed by atoms with van der Waals surface area (Å²) in [5.74, 6) is 1.95. The smallest absolute Gasteiger partial charge is 0.0930 e. The number of nitrogens with zero attached hydrogens (tertiary/aromatic N) is 1. The number of hydrogen-bond donors (Lipinski definition) is 1. The van der Waals surface area contributed by atoms with Crippen molar-refractivity contribution in [2.75, 3.05) is 11.1 Å². The van der Waals surface area contributed by atoms with Crippen LogP contribution in [0.1, 0.15) is 77.0 Å². The summed E-state index contributed by atoms with van der Waals surface area (Å²) >= 11 is 1.87. The summed E-state index contributed by atoms with van der Waals surface area (Å²) in [5.41, 5.74) is 6.46. The highest BCUT2D eigenvalue weighted by atomic mass is 32.2. The third kappa shape index (κ3) is 5.37. The van der Waals surface area contributed by atoms with E-state index in [0.29, 0.717) is 17.9 Å². The molecule has 1 unspecified atom stereocenters. The van der Waals surface area contributed by atoms with Crippen molar-refractivity contribution in [3.8, 4) is 0 Å². The number of hydrogen-bond acceptors (Lipinski definition) is 3. The van der Waals surface area contributed by atoms with Crippen LogP contribution in [0.5, 0.6) is 0 Å². The Kier molecular flexibility index (Phi) is 7.13. The van der Waals surface area contributed by atoms with Gasteiger partial charge in [0.05, 0.1) is 11.1 Å². The number of thioether (sulfide) groups is 1. The van der Waals surface area contributed by atoms with E-state index in [-0.39, 0.29) is 5.41 Å². The lowest BCUT2D eigenvalue weighted by Gasteiger charge is -2.23. The lowest BCUT2D eigenvalue weighted by atomic mass is 9.88. The number of nitrogens with one attached hydrogen (secondary N) is 1. The van der Waals surface area contributed by atoms with E-state index in [1.807, 2.05) is 11.8 Å². The lowest BCUT2D eigenvalue weighted by molar-refractivity contribution is 0.349. The first-order valence-corrected chi connectivity index (χ1v) is 12.0. The molecule has 1 N–H and O–H groups in total. The molecule has 30 heavy (non-hydrogen) atoms. The largest absolute Gasteiger partial charge is 0.354 e. The van der Waals surface area contributed by atoms with Gasteiger partial charge < -0.3 is 5.32 Å². The van der Waals surface area contributed by atoms with Crippen molar-refractivity contribution in [1.29, 1.82) is 0 Å². The Bertz CT molecular complexity index is 891. The maximum Gasteiger partial charge on any atom is 0.0930 e. The molecule has 0 radical (unpaired) electrons. The van der Waals surface area contributed by atoms with Crippen LogP contribution in [-0.4, -0.2) is 16.8 Å². The highest BCUT2D eigenvalue weighted by Crippen LogP contribution is 2.36. The molecule has 2 nitrogen and oxygen atoms in total. The number of benzene rings is 2. The van der Waals surface area contributed by atoms with Gasteiger partial charge in [-0.1, -0.05) is 97.0 Å². The first kappa shape index (κ1) is 22.7. The van der Waals surface area contributed by atoms with Crippen molar-refractivity contribution < 1.29 is 0 Å². The maximum absolute atomic E-state index is 5.04. The normalized spacial score (nSPS) is 17.6. The third-order valence-corrected chi connectivity index (χ3v) is 6.66. The van der Waals surface area contributed by atoms with Gasteiger partial charge in [-0.2, -0.15) is 0 Å². The minimum Gasteiger partial charge on any atom is -0.354 e. The molecule has 0 bridgehead atoms. The molecule has 0 saturated carbocycles. The van der Waals surface area contributed by atoms with Crippen LogP contribution in [0.2, 0.25) is 0 Å². The second-order valence-electron chi connectivity index (χ2n) is 9.83. The van der Waals surface area contributed by atoms with Crippen LogP contribution >= 0.6 is 11.8 Å². The molecule has 0 fully saturated rings. The molecule has 0 amide bonds. The molecule has 0 spiro atoms. The summed E-state index contributed by atoms with van der Waals surface area (Å²) in [6.07, 6.45) is 2.24. The van der Waals surface area contributed by atoms with Crippen molar-refractivity contribution in [3.05, 3.63) is 71.3 Å². The van der Waals surface area contributed by atoms with Gasteiger partial charge in [0.1, 0.15) is 0 Å². The van der Waals surface area contributed by atoms with Crippen LogP contribution in [0.15, 0.2) is 59.6 Å². The summed E-state index contributed by atoms with van der Waals surface area (Å²) in [7, 11) is 0. The van der Waals surface area contributed by atoms with Gasteiger partial charge in [0.2, 0.25) is 0 Å². The van der Waals surface area contributed by atoms with E-state index in [2.05, 4.69) is 108 Å². The van der Waals surface area contributed by atoms with E-state index in [1.165, 1.54) is 22.4 Å². The minimum atomic E-state index is 0.192. The lowest BCUT2D eigenvalue weighted by Crippen LogP contribution is -2.24. The molecule has 0 aliphatic carbocycles.